The fraction of sp³-hybridized carbons (Fsp3) is 0.455. The van der Waals surface area contributed by atoms with Crippen molar-refractivity contribution in [1.82, 2.24) is 15.2 Å². The van der Waals surface area contributed by atoms with Crippen LogP contribution >= 0.6 is 27.3 Å². The number of hydrogen-bond donors (Lipinski definition) is 0. The van der Waals surface area contributed by atoms with E-state index < -0.39 is 5.41 Å². The normalized spacial score (nSPS) is 11.6. The van der Waals surface area contributed by atoms with Crippen LogP contribution in [-0.4, -0.2) is 28.3 Å². The lowest BCUT2D eigenvalue weighted by molar-refractivity contribution is -0.150. The maximum Gasteiger partial charge on any atom is 0.311 e. The third-order valence-electron chi connectivity index (χ3n) is 2.46. The summed E-state index contributed by atoms with van der Waals surface area (Å²) < 4.78 is 11.0. The van der Waals surface area contributed by atoms with Gasteiger partial charge in [-0.2, -0.15) is 0 Å². The smallest absolute Gasteiger partial charge is 0.311 e. The SMILES string of the molecule is COC(=O)C(C)(C)Cc1nnc(-c2nc(Br)cs2)o1. The molecule has 0 radical (unpaired) electrons. The van der Waals surface area contributed by atoms with Crippen molar-refractivity contribution in [3.05, 3.63) is 15.9 Å². The first-order valence-corrected chi connectivity index (χ1v) is 7.12. The average Bonchev–Trinajstić information content (AvgIpc) is 2.96. The molecule has 0 fully saturated rings. The van der Waals surface area contributed by atoms with E-state index >= 15 is 0 Å². The Kier molecular flexibility index (Phi) is 4.00. The maximum atomic E-state index is 11.6. The summed E-state index contributed by atoms with van der Waals surface area (Å²) in [7, 11) is 1.36. The number of aromatic nitrogens is 3. The van der Waals surface area contributed by atoms with E-state index in [9.17, 15) is 4.79 Å². The number of halogens is 1. The van der Waals surface area contributed by atoms with Gasteiger partial charge in [0.1, 0.15) is 4.60 Å². The van der Waals surface area contributed by atoms with Gasteiger partial charge in [-0.3, -0.25) is 4.79 Å². The number of ether oxygens (including phenoxy) is 1. The van der Waals surface area contributed by atoms with Crippen LogP contribution in [0.2, 0.25) is 0 Å². The van der Waals surface area contributed by atoms with Crippen LogP contribution in [0.25, 0.3) is 10.9 Å². The van der Waals surface area contributed by atoms with Crippen molar-refractivity contribution in [2.45, 2.75) is 20.3 Å². The lowest BCUT2D eigenvalue weighted by atomic mass is 9.89. The van der Waals surface area contributed by atoms with Crippen LogP contribution in [0.1, 0.15) is 19.7 Å². The number of hydrogen-bond acceptors (Lipinski definition) is 7. The number of carbonyl (C=O) groups is 1. The average molecular weight is 346 g/mol. The molecule has 8 heteroatoms. The summed E-state index contributed by atoms with van der Waals surface area (Å²) in [5.41, 5.74) is -0.706. The standard InChI is InChI=1S/C11H12BrN3O3S/c1-11(2,10(16)17-3)4-7-14-15-8(18-7)9-13-6(12)5-19-9/h5H,4H2,1-3H3. The quantitative estimate of drug-likeness (QED) is 0.792. The minimum atomic E-state index is -0.706. The van der Waals surface area contributed by atoms with Crippen LogP contribution in [0.15, 0.2) is 14.4 Å². The molecule has 19 heavy (non-hydrogen) atoms. The zero-order chi connectivity index (χ0) is 14.0. The second-order valence-electron chi connectivity index (χ2n) is 4.53. The molecular formula is C11H12BrN3O3S. The Labute approximate surface area is 122 Å². The lowest BCUT2D eigenvalue weighted by Gasteiger charge is -2.18. The topological polar surface area (TPSA) is 78.1 Å². The molecule has 0 aromatic carbocycles. The zero-order valence-corrected chi connectivity index (χ0v) is 13.0. The van der Waals surface area contributed by atoms with Crippen LogP contribution < -0.4 is 0 Å². The predicted molar refractivity (Wildman–Crippen MR) is 72.6 cm³/mol. The minimum Gasteiger partial charge on any atom is -0.469 e. The van der Waals surface area contributed by atoms with Gasteiger partial charge < -0.3 is 9.15 Å². The summed E-state index contributed by atoms with van der Waals surface area (Å²) in [6, 6.07) is 0. The predicted octanol–water partition coefficient (Wildman–Crippen LogP) is 2.70. The number of methoxy groups -OCH3 is 1. The Morgan fingerprint density at radius 1 is 1.53 bits per heavy atom. The van der Waals surface area contributed by atoms with Gasteiger partial charge in [-0.1, -0.05) is 0 Å². The van der Waals surface area contributed by atoms with E-state index in [2.05, 4.69) is 31.1 Å². The van der Waals surface area contributed by atoms with Crippen LogP contribution in [0.4, 0.5) is 0 Å². The number of thiazole rings is 1. The van der Waals surface area contributed by atoms with Crippen LogP contribution in [0, 0.1) is 5.41 Å². The molecule has 0 unspecified atom stereocenters. The molecule has 2 heterocycles. The summed E-state index contributed by atoms with van der Waals surface area (Å²) in [5, 5.41) is 10.3. The number of carbonyl (C=O) groups excluding carboxylic acids is 1. The summed E-state index contributed by atoms with van der Waals surface area (Å²) in [6.07, 6.45) is 0.319. The van der Waals surface area contributed by atoms with Gasteiger partial charge in [-0.15, -0.1) is 21.5 Å². The van der Waals surface area contributed by atoms with Crippen LogP contribution in [0.3, 0.4) is 0 Å². The molecule has 0 saturated heterocycles. The molecule has 2 aromatic heterocycles. The molecule has 0 atom stereocenters. The Bertz CT molecular complexity index is 594. The van der Waals surface area contributed by atoms with Gasteiger partial charge in [0.05, 0.1) is 12.5 Å². The van der Waals surface area contributed by atoms with E-state index in [0.29, 0.717) is 23.2 Å². The number of rotatable bonds is 4. The summed E-state index contributed by atoms with van der Waals surface area (Å²) >= 11 is 4.66. The highest BCUT2D eigenvalue weighted by atomic mass is 79.9. The summed E-state index contributed by atoms with van der Waals surface area (Å²) in [4.78, 5) is 15.8. The number of esters is 1. The molecule has 6 nitrogen and oxygen atoms in total. The summed E-state index contributed by atoms with van der Waals surface area (Å²) in [5.74, 6) is 0.423. The second-order valence-corrected chi connectivity index (χ2v) is 6.20. The highest BCUT2D eigenvalue weighted by Gasteiger charge is 2.31. The molecule has 102 valence electrons. The molecule has 2 aromatic rings. The highest BCUT2D eigenvalue weighted by Crippen LogP contribution is 2.27. The Morgan fingerprint density at radius 3 is 2.84 bits per heavy atom. The number of nitrogens with zero attached hydrogens (tertiary/aromatic N) is 3. The van der Waals surface area contributed by atoms with Gasteiger partial charge >= 0.3 is 5.97 Å². The van der Waals surface area contributed by atoms with Crippen molar-refractivity contribution in [2.24, 2.45) is 5.41 Å². The molecule has 0 bridgehead atoms. The molecule has 0 aliphatic rings. The molecule has 0 amide bonds. The van der Waals surface area contributed by atoms with Gasteiger partial charge in [0, 0.05) is 11.8 Å². The lowest BCUT2D eigenvalue weighted by Crippen LogP contribution is -2.28. The minimum absolute atomic E-state index is 0.316. The van der Waals surface area contributed by atoms with E-state index in [4.69, 9.17) is 9.15 Å². The molecule has 2 rings (SSSR count). The molecule has 0 saturated carbocycles. The molecule has 0 aliphatic carbocycles. The van der Waals surface area contributed by atoms with Gasteiger partial charge in [0.2, 0.25) is 5.89 Å². The Morgan fingerprint density at radius 2 is 2.26 bits per heavy atom. The fourth-order valence-corrected chi connectivity index (χ4v) is 2.66. The Hall–Kier alpha value is -1.28. The molecule has 0 aliphatic heterocycles. The first kappa shape index (κ1) is 14.1. The van der Waals surface area contributed by atoms with Crippen LogP contribution in [-0.2, 0) is 16.0 Å². The third kappa shape index (κ3) is 3.19. The van der Waals surface area contributed by atoms with Crippen molar-refractivity contribution in [1.29, 1.82) is 0 Å². The molecule has 0 N–H and O–H groups in total. The van der Waals surface area contributed by atoms with Crippen molar-refractivity contribution in [3.8, 4) is 10.9 Å². The molecular weight excluding hydrogens is 334 g/mol. The van der Waals surface area contributed by atoms with E-state index in [-0.39, 0.29) is 5.97 Å². The van der Waals surface area contributed by atoms with Gasteiger partial charge in [-0.05, 0) is 29.8 Å². The van der Waals surface area contributed by atoms with Crippen LogP contribution in [0.5, 0.6) is 0 Å². The van der Waals surface area contributed by atoms with E-state index in [1.54, 1.807) is 13.8 Å². The van der Waals surface area contributed by atoms with Crippen molar-refractivity contribution in [3.63, 3.8) is 0 Å². The van der Waals surface area contributed by atoms with Gasteiger partial charge in [-0.25, -0.2) is 4.98 Å². The third-order valence-corrected chi connectivity index (χ3v) is 4.00. The van der Waals surface area contributed by atoms with Gasteiger partial charge in [0.25, 0.3) is 5.89 Å². The van der Waals surface area contributed by atoms with Crippen molar-refractivity contribution < 1.29 is 13.9 Å². The van der Waals surface area contributed by atoms with Crippen molar-refractivity contribution >= 4 is 33.2 Å². The van der Waals surface area contributed by atoms with Gasteiger partial charge in [0.15, 0.2) is 5.01 Å². The van der Waals surface area contributed by atoms with Crippen molar-refractivity contribution in [2.75, 3.05) is 7.11 Å². The van der Waals surface area contributed by atoms with E-state index in [0.717, 1.165) is 4.60 Å². The fourth-order valence-electron chi connectivity index (χ4n) is 1.49. The molecule has 0 spiro atoms. The Balaban J connectivity index is 2.16. The largest absolute Gasteiger partial charge is 0.469 e. The van der Waals surface area contributed by atoms with E-state index in [1.165, 1.54) is 18.4 Å². The highest BCUT2D eigenvalue weighted by molar-refractivity contribution is 9.10. The monoisotopic (exact) mass is 345 g/mol. The van der Waals surface area contributed by atoms with E-state index in [1.807, 2.05) is 5.38 Å². The first-order chi connectivity index (χ1) is 8.92. The first-order valence-electron chi connectivity index (χ1n) is 5.44. The zero-order valence-electron chi connectivity index (χ0n) is 10.6. The second kappa shape index (κ2) is 5.38. The maximum absolute atomic E-state index is 11.6. The summed E-state index contributed by atoms with van der Waals surface area (Å²) in [6.45, 7) is 3.53.